The Morgan fingerprint density at radius 2 is 2.46 bits per heavy atom. The molecule has 13 heavy (non-hydrogen) atoms. The largest absolute Gasteiger partial charge is 0.393 e. The lowest BCUT2D eigenvalue weighted by molar-refractivity contribution is 0.140. The number of thiocarbonyl (C=S) groups is 1. The van der Waals surface area contributed by atoms with Crippen molar-refractivity contribution < 1.29 is 4.74 Å². The van der Waals surface area contributed by atoms with Crippen molar-refractivity contribution in [2.45, 2.75) is 31.8 Å². The van der Waals surface area contributed by atoms with Gasteiger partial charge in [-0.25, -0.2) is 0 Å². The Morgan fingerprint density at radius 1 is 1.77 bits per heavy atom. The molecule has 0 aromatic carbocycles. The molecule has 1 aliphatic heterocycles. The van der Waals surface area contributed by atoms with Crippen LogP contribution < -0.4 is 5.73 Å². The summed E-state index contributed by atoms with van der Waals surface area (Å²) < 4.78 is 5.33. The predicted molar refractivity (Wildman–Crippen MR) is 57.9 cm³/mol. The van der Waals surface area contributed by atoms with Crippen LogP contribution in [0.3, 0.4) is 0 Å². The van der Waals surface area contributed by atoms with Crippen LogP contribution >= 0.6 is 12.2 Å². The van der Waals surface area contributed by atoms with Crippen molar-refractivity contribution in [1.29, 1.82) is 0 Å². The maximum Gasteiger partial charge on any atom is 0.0742 e. The third-order valence-corrected chi connectivity index (χ3v) is 2.84. The van der Waals surface area contributed by atoms with Gasteiger partial charge < -0.3 is 10.5 Å². The molecule has 1 rings (SSSR count). The summed E-state index contributed by atoms with van der Waals surface area (Å²) in [6.07, 6.45) is 1.92. The molecule has 76 valence electrons. The van der Waals surface area contributed by atoms with Crippen molar-refractivity contribution in [3.8, 4) is 0 Å². The van der Waals surface area contributed by atoms with Crippen molar-refractivity contribution in [2.24, 2.45) is 5.73 Å². The van der Waals surface area contributed by atoms with Crippen LogP contribution in [-0.2, 0) is 4.74 Å². The average molecular weight is 202 g/mol. The summed E-state index contributed by atoms with van der Waals surface area (Å²) in [5.41, 5.74) is 5.50. The second-order valence-electron chi connectivity index (χ2n) is 3.70. The molecule has 3 nitrogen and oxygen atoms in total. The number of nitrogens with zero attached hydrogens (tertiary/aromatic N) is 1. The first-order chi connectivity index (χ1) is 6.11. The molecule has 1 aliphatic rings. The van der Waals surface area contributed by atoms with Gasteiger partial charge in [0.1, 0.15) is 0 Å². The molecule has 0 radical (unpaired) electrons. The van der Waals surface area contributed by atoms with Crippen molar-refractivity contribution in [2.75, 3.05) is 20.3 Å². The summed E-state index contributed by atoms with van der Waals surface area (Å²) in [4.78, 5) is 2.91. The maximum atomic E-state index is 5.50. The third-order valence-electron chi connectivity index (χ3n) is 2.67. The van der Waals surface area contributed by atoms with E-state index in [2.05, 4.69) is 18.9 Å². The summed E-state index contributed by atoms with van der Waals surface area (Å²) in [7, 11) is 2.11. The van der Waals surface area contributed by atoms with Gasteiger partial charge in [-0.05, 0) is 20.4 Å². The highest BCUT2D eigenvalue weighted by Crippen LogP contribution is 2.14. The molecule has 1 heterocycles. The minimum Gasteiger partial charge on any atom is -0.393 e. The van der Waals surface area contributed by atoms with E-state index in [4.69, 9.17) is 22.7 Å². The Hall–Kier alpha value is -0.190. The van der Waals surface area contributed by atoms with E-state index >= 15 is 0 Å². The lowest BCUT2D eigenvalue weighted by atomic mass is 10.1. The van der Waals surface area contributed by atoms with Crippen LogP contribution in [0.5, 0.6) is 0 Å². The van der Waals surface area contributed by atoms with E-state index in [1.54, 1.807) is 0 Å². The zero-order valence-corrected chi connectivity index (χ0v) is 9.14. The van der Waals surface area contributed by atoms with E-state index in [0.29, 0.717) is 17.1 Å². The van der Waals surface area contributed by atoms with E-state index < -0.39 is 0 Å². The predicted octanol–water partition coefficient (Wildman–Crippen LogP) is 0.772. The van der Waals surface area contributed by atoms with Gasteiger partial charge in [0.25, 0.3) is 0 Å². The fraction of sp³-hybridized carbons (Fsp3) is 0.889. The normalized spacial score (nSPS) is 25.0. The van der Waals surface area contributed by atoms with Crippen molar-refractivity contribution >= 4 is 17.2 Å². The lowest BCUT2D eigenvalue weighted by Gasteiger charge is -2.29. The molecule has 1 saturated heterocycles. The molecule has 0 aromatic rings. The van der Waals surface area contributed by atoms with Crippen LogP contribution in [0, 0.1) is 0 Å². The van der Waals surface area contributed by atoms with Gasteiger partial charge >= 0.3 is 0 Å². The van der Waals surface area contributed by atoms with Gasteiger partial charge in [0.05, 0.1) is 11.6 Å². The SMILES string of the molecule is CC(CC(N)=S)N(C)C1CCOC1. The van der Waals surface area contributed by atoms with Crippen LogP contribution in [0.15, 0.2) is 0 Å². The standard InChI is InChI=1S/C9H18N2OS/c1-7(5-9(10)13)11(2)8-3-4-12-6-8/h7-8H,3-6H2,1-2H3,(H2,10,13). The molecular formula is C9H18N2OS. The summed E-state index contributed by atoms with van der Waals surface area (Å²) in [5, 5.41) is 0. The first-order valence-electron chi connectivity index (χ1n) is 4.69. The number of ether oxygens (including phenoxy) is 1. The fourth-order valence-corrected chi connectivity index (χ4v) is 1.88. The van der Waals surface area contributed by atoms with Gasteiger partial charge in [0, 0.05) is 25.1 Å². The lowest BCUT2D eigenvalue weighted by Crippen LogP contribution is -2.40. The molecule has 0 aromatic heterocycles. The number of nitrogens with two attached hydrogens (primary N) is 1. The van der Waals surface area contributed by atoms with E-state index in [9.17, 15) is 0 Å². The van der Waals surface area contributed by atoms with Crippen LogP contribution in [0.25, 0.3) is 0 Å². The summed E-state index contributed by atoms with van der Waals surface area (Å²) in [5.74, 6) is 0. The Labute approximate surface area is 85.2 Å². The first kappa shape index (κ1) is 10.9. The molecule has 0 aliphatic carbocycles. The minimum atomic E-state index is 0.421. The van der Waals surface area contributed by atoms with Crippen LogP contribution in [0.2, 0.25) is 0 Å². The number of hydrogen-bond acceptors (Lipinski definition) is 3. The highest BCUT2D eigenvalue weighted by Gasteiger charge is 2.23. The Morgan fingerprint density at radius 3 is 2.92 bits per heavy atom. The number of rotatable bonds is 4. The summed E-state index contributed by atoms with van der Waals surface area (Å²) in [6.45, 7) is 3.88. The second kappa shape index (κ2) is 4.88. The zero-order valence-electron chi connectivity index (χ0n) is 8.32. The molecular weight excluding hydrogens is 184 g/mol. The topological polar surface area (TPSA) is 38.5 Å². The van der Waals surface area contributed by atoms with Crippen molar-refractivity contribution in [1.82, 2.24) is 4.90 Å². The second-order valence-corrected chi connectivity index (χ2v) is 4.23. The van der Waals surface area contributed by atoms with E-state index in [1.165, 1.54) is 0 Å². The molecule has 0 amide bonds. The molecule has 0 bridgehead atoms. The van der Waals surface area contributed by atoms with Crippen molar-refractivity contribution in [3.05, 3.63) is 0 Å². The maximum absolute atomic E-state index is 5.50. The Balaban J connectivity index is 2.36. The van der Waals surface area contributed by atoms with E-state index in [0.717, 1.165) is 26.1 Å². The smallest absolute Gasteiger partial charge is 0.0742 e. The molecule has 4 heteroatoms. The number of hydrogen-bond donors (Lipinski definition) is 1. The van der Waals surface area contributed by atoms with Crippen LogP contribution in [-0.4, -0.2) is 42.2 Å². The molecule has 2 atom stereocenters. The fourth-order valence-electron chi connectivity index (χ4n) is 1.64. The molecule has 0 spiro atoms. The molecule has 2 unspecified atom stereocenters. The Kier molecular flexibility index (Phi) is 4.09. The van der Waals surface area contributed by atoms with E-state index in [-0.39, 0.29) is 0 Å². The van der Waals surface area contributed by atoms with Gasteiger partial charge in [-0.3, -0.25) is 4.90 Å². The van der Waals surface area contributed by atoms with Gasteiger partial charge in [-0.15, -0.1) is 0 Å². The van der Waals surface area contributed by atoms with Gasteiger partial charge in [-0.2, -0.15) is 0 Å². The minimum absolute atomic E-state index is 0.421. The third kappa shape index (κ3) is 3.21. The van der Waals surface area contributed by atoms with Gasteiger partial charge in [0.15, 0.2) is 0 Å². The molecule has 0 saturated carbocycles. The Bertz CT molecular complexity index is 180. The molecule has 1 fully saturated rings. The van der Waals surface area contributed by atoms with Crippen LogP contribution in [0.1, 0.15) is 19.8 Å². The van der Waals surface area contributed by atoms with Gasteiger partial charge in [-0.1, -0.05) is 12.2 Å². The highest BCUT2D eigenvalue weighted by molar-refractivity contribution is 7.80. The summed E-state index contributed by atoms with van der Waals surface area (Å²) >= 11 is 4.89. The zero-order chi connectivity index (χ0) is 9.84. The molecule has 2 N–H and O–H groups in total. The van der Waals surface area contributed by atoms with E-state index in [1.807, 2.05) is 0 Å². The summed E-state index contributed by atoms with van der Waals surface area (Å²) in [6, 6.07) is 0.966. The first-order valence-corrected chi connectivity index (χ1v) is 5.10. The number of likely N-dealkylation sites (N-methyl/N-ethyl adjacent to an activating group) is 1. The quantitative estimate of drug-likeness (QED) is 0.684. The highest BCUT2D eigenvalue weighted by atomic mass is 32.1. The van der Waals surface area contributed by atoms with Crippen LogP contribution in [0.4, 0.5) is 0 Å². The monoisotopic (exact) mass is 202 g/mol. The average Bonchev–Trinajstić information content (AvgIpc) is 2.53. The van der Waals surface area contributed by atoms with Crippen molar-refractivity contribution in [3.63, 3.8) is 0 Å². The van der Waals surface area contributed by atoms with Gasteiger partial charge in [0.2, 0.25) is 0 Å².